The molecule has 94 valence electrons. The van der Waals surface area contributed by atoms with Crippen LogP contribution in [0.4, 0.5) is 0 Å². The van der Waals surface area contributed by atoms with Crippen molar-refractivity contribution >= 4 is 15.9 Å². The fourth-order valence-electron chi connectivity index (χ4n) is 1.84. The Bertz CT molecular complexity index is 343. The molecule has 1 rings (SSSR count). The summed E-state index contributed by atoms with van der Waals surface area (Å²) in [7, 11) is -3.13. The first-order chi connectivity index (χ1) is 7.34. The van der Waals surface area contributed by atoms with E-state index in [0.29, 0.717) is 25.9 Å². The summed E-state index contributed by atoms with van der Waals surface area (Å²) < 4.78 is 25.2. The van der Waals surface area contributed by atoms with E-state index in [1.54, 1.807) is 13.8 Å². The van der Waals surface area contributed by atoms with Crippen molar-refractivity contribution in [2.24, 2.45) is 0 Å². The lowest BCUT2D eigenvalue weighted by Gasteiger charge is -2.32. The minimum absolute atomic E-state index is 0.0508. The Labute approximate surface area is 97.2 Å². The monoisotopic (exact) mass is 248 g/mol. The average Bonchev–Trinajstić information content (AvgIpc) is 2.17. The molecular formula is C10H20N2O3S. The lowest BCUT2D eigenvalue weighted by Crippen LogP contribution is -2.47. The van der Waals surface area contributed by atoms with Crippen molar-refractivity contribution in [3.8, 4) is 0 Å². The van der Waals surface area contributed by atoms with E-state index in [9.17, 15) is 13.2 Å². The van der Waals surface area contributed by atoms with Gasteiger partial charge in [0.2, 0.25) is 15.9 Å². The van der Waals surface area contributed by atoms with Crippen molar-refractivity contribution in [2.75, 3.05) is 13.1 Å². The minimum atomic E-state index is -3.13. The smallest absolute Gasteiger partial charge is 0.217 e. The van der Waals surface area contributed by atoms with E-state index in [0.717, 1.165) is 0 Å². The molecule has 0 saturated carbocycles. The number of sulfonamides is 1. The SMILES string of the molecule is CC(=O)NC1CCN(S(=O)(=O)C(C)C)CC1. The minimum Gasteiger partial charge on any atom is -0.354 e. The zero-order valence-electron chi connectivity index (χ0n) is 10.1. The molecule has 1 aliphatic rings. The van der Waals surface area contributed by atoms with Crippen LogP contribution in [-0.4, -0.2) is 43.0 Å². The summed E-state index contributed by atoms with van der Waals surface area (Å²) in [6.07, 6.45) is 1.40. The first-order valence-corrected chi connectivity index (χ1v) is 7.10. The molecule has 1 saturated heterocycles. The highest BCUT2D eigenvalue weighted by molar-refractivity contribution is 7.89. The number of rotatable bonds is 3. The number of carbonyl (C=O) groups is 1. The van der Waals surface area contributed by atoms with E-state index in [1.807, 2.05) is 0 Å². The second kappa shape index (κ2) is 5.14. The first-order valence-electron chi connectivity index (χ1n) is 5.60. The van der Waals surface area contributed by atoms with Crippen LogP contribution in [0.5, 0.6) is 0 Å². The van der Waals surface area contributed by atoms with Gasteiger partial charge in [0, 0.05) is 26.1 Å². The molecule has 0 aromatic carbocycles. The van der Waals surface area contributed by atoms with Crippen LogP contribution in [0.2, 0.25) is 0 Å². The third kappa shape index (κ3) is 3.18. The quantitative estimate of drug-likeness (QED) is 0.782. The lowest BCUT2D eigenvalue weighted by atomic mass is 10.1. The van der Waals surface area contributed by atoms with Crippen molar-refractivity contribution in [3.05, 3.63) is 0 Å². The van der Waals surface area contributed by atoms with Crippen molar-refractivity contribution in [1.29, 1.82) is 0 Å². The van der Waals surface area contributed by atoms with Crippen LogP contribution in [0.15, 0.2) is 0 Å². The number of nitrogens with zero attached hydrogens (tertiary/aromatic N) is 1. The molecule has 1 amide bonds. The summed E-state index contributed by atoms with van der Waals surface area (Å²) in [6.45, 7) is 5.87. The maximum atomic E-state index is 11.9. The van der Waals surface area contributed by atoms with Crippen LogP contribution >= 0.6 is 0 Å². The standard InChI is InChI=1S/C10H20N2O3S/c1-8(2)16(14,15)12-6-4-10(5-7-12)11-9(3)13/h8,10H,4-7H2,1-3H3,(H,11,13). The molecule has 0 bridgehead atoms. The number of hydrogen-bond acceptors (Lipinski definition) is 3. The fourth-order valence-corrected chi connectivity index (χ4v) is 3.16. The largest absolute Gasteiger partial charge is 0.354 e. The van der Waals surface area contributed by atoms with Crippen molar-refractivity contribution in [2.45, 2.75) is 44.9 Å². The van der Waals surface area contributed by atoms with Crippen LogP contribution in [0.3, 0.4) is 0 Å². The Morgan fingerprint density at radius 3 is 2.19 bits per heavy atom. The summed E-state index contributed by atoms with van der Waals surface area (Å²) in [5.74, 6) is -0.0508. The highest BCUT2D eigenvalue weighted by Crippen LogP contribution is 2.17. The Balaban J connectivity index is 2.52. The Morgan fingerprint density at radius 1 is 1.31 bits per heavy atom. The molecule has 1 heterocycles. The van der Waals surface area contributed by atoms with Gasteiger partial charge in [0.15, 0.2) is 0 Å². The predicted molar refractivity (Wildman–Crippen MR) is 62.5 cm³/mol. The molecule has 0 aliphatic carbocycles. The van der Waals surface area contributed by atoms with E-state index < -0.39 is 10.0 Å². The van der Waals surface area contributed by atoms with E-state index in [1.165, 1.54) is 11.2 Å². The maximum absolute atomic E-state index is 11.9. The van der Waals surface area contributed by atoms with E-state index >= 15 is 0 Å². The highest BCUT2D eigenvalue weighted by atomic mass is 32.2. The molecule has 0 unspecified atom stereocenters. The van der Waals surface area contributed by atoms with Gasteiger partial charge in [-0.1, -0.05) is 0 Å². The number of nitrogens with one attached hydrogen (secondary N) is 1. The Kier molecular flexibility index (Phi) is 4.32. The van der Waals surface area contributed by atoms with Crippen LogP contribution in [0.25, 0.3) is 0 Å². The predicted octanol–water partition coefficient (Wildman–Crippen LogP) is 0.325. The van der Waals surface area contributed by atoms with E-state index in [-0.39, 0.29) is 17.2 Å². The molecule has 0 atom stereocenters. The number of piperidine rings is 1. The number of carbonyl (C=O) groups excluding carboxylic acids is 1. The maximum Gasteiger partial charge on any atom is 0.217 e. The molecule has 1 N–H and O–H groups in total. The summed E-state index contributed by atoms with van der Waals surface area (Å²) in [5, 5.41) is 2.45. The third-order valence-electron chi connectivity index (χ3n) is 2.82. The Morgan fingerprint density at radius 2 is 1.81 bits per heavy atom. The second-order valence-electron chi connectivity index (χ2n) is 4.47. The van der Waals surface area contributed by atoms with Gasteiger partial charge >= 0.3 is 0 Å². The van der Waals surface area contributed by atoms with Gasteiger partial charge in [-0.2, -0.15) is 0 Å². The van der Waals surface area contributed by atoms with Crippen molar-refractivity contribution in [3.63, 3.8) is 0 Å². The second-order valence-corrected chi connectivity index (χ2v) is 6.96. The van der Waals surface area contributed by atoms with Crippen LogP contribution in [-0.2, 0) is 14.8 Å². The van der Waals surface area contributed by atoms with Crippen LogP contribution in [0.1, 0.15) is 33.6 Å². The molecule has 0 aromatic rings. The summed E-state index contributed by atoms with van der Waals surface area (Å²) in [5.41, 5.74) is 0. The van der Waals surface area contributed by atoms with Gasteiger partial charge in [0.05, 0.1) is 5.25 Å². The average molecular weight is 248 g/mol. The third-order valence-corrected chi connectivity index (χ3v) is 5.09. The van der Waals surface area contributed by atoms with Gasteiger partial charge in [-0.05, 0) is 26.7 Å². The van der Waals surface area contributed by atoms with Gasteiger partial charge in [-0.15, -0.1) is 0 Å². The molecular weight excluding hydrogens is 228 g/mol. The van der Waals surface area contributed by atoms with Crippen molar-refractivity contribution in [1.82, 2.24) is 9.62 Å². The number of amides is 1. The normalized spacial score (nSPS) is 20.0. The van der Waals surface area contributed by atoms with Crippen LogP contribution < -0.4 is 5.32 Å². The molecule has 0 radical (unpaired) electrons. The molecule has 6 heteroatoms. The molecule has 1 aliphatic heterocycles. The van der Waals surface area contributed by atoms with Gasteiger partial charge in [0.1, 0.15) is 0 Å². The molecule has 0 spiro atoms. The molecule has 0 aromatic heterocycles. The van der Waals surface area contributed by atoms with Crippen molar-refractivity contribution < 1.29 is 13.2 Å². The van der Waals surface area contributed by atoms with Gasteiger partial charge in [0.25, 0.3) is 0 Å². The lowest BCUT2D eigenvalue weighted by molar-refractivity contribution is -0.119. The number of hydrogen-bond donors (Lipinski definition) is 1. The van der Waals surface area contributed by atoms with Crippen LogP contribution in [0, 0.1) is 0 Å². The topological polar surface area (TPSA) is 66.5 Å². The van der Waals surface area contributed by atoms with E-state index in [4.69, 9.17) is 0 Å². The first kappa shape index (κ1) is 13.4. The molecule has 1 fully saturated rings. The van der Waals surface area contributed by atoms with E-state index in [2.05, 4.69) is 5.32 Å². The fraction of sp³-hybridized carbons (Fsp3) is 0.900. The summed E-state index contributed by atoms with van der Waals surface area (Å²) in [6, 6.07) is 0.121. The highest BCUT2D eigenvalue weighted by Gasteiger charge is 2.30. The van der Waals surface area contributed by atoms with Gasteiger partial charge in [-0.3, -0.25) is 4.79 Å². The molecule has 5 nitrogen and oxygen atoms in total. The zero-order chi connectivity index (χ0) is 12.3. The summed E-state index contributed by atoms with van der Waals surface area (Å²) >= 11 is 0. The van der Waals surface area contributed by atoms with Gasteiger partial charge in [-0.25, -0.2) is 12.7 Å². The summed E-state index contributed by atoms with van der Waals surface area (Å²) in [4.78, 5) is 10.9. The Hall–Kier alpha value is -0.620. The molecule has 16 heavy (non-hydrogen) atoms. The zero-order valence-corrected chi connectivity index (χ0v) is 10.9. The van der Waals surface area contributed by atoms with Gasteiger partial charge < -0.3 is 5.32 Å².